The largest absolute Gasteiger partial charge is 0.493 e. The molecule has 5 aromatic rings. The van der Waals surface area contributed by atoms with Crippen LogP contribution in [0.5, 0.6) is 11.5 Å². The van der Waals surface area contributed by atoms with Crippen LogP contribution in [0.4, 0.5) is 17.2 Å². The molecule has 0 aliphatic carbocycles. The molecule has 0 aliphatic heterocycles. The smallest absolute Gasteiger partial charge is 0.259 e. The van der Waals surface area contributed by atoms with Crippen molar-refractivity contribution < 1.29 is 14.3 Å². The van der Waals surface area contributed by atoms with E-state index in [2.05, 4.69) is 35.8 Å². The van der Waals surface area contributed by atoms with Crippen molar-refractivity contribution in [2.24, 2.45) is 0 Å². The number of carbonyl (C=O) groups excluding carboxylic acids is 1. The molecule has 2 aromatic carbocycles. The average molecular weight is 455 g/mol. The Bertz CT molecular complexity index is 1420. The molecule has 0 unspecified atom stereocenters. The van der Waals surface area contributed by atoms with Gasteiger partial charge in [0, 0.05) is 24.0 Å². The van der Waals surface area contributed by atoms with Crippen LogP contribution in [0.15, 0.2) is 67.0 Å². The number of aromatic nitrogens is 5. The lowest BCUT2D eigenvalue weighted by atomic mass is 10.2. The lowest BCUT2D eigenvalue weighted by Crippen LogP contribution is -2.15. The average Bonchev–Trinajstić information content (AvgIpc) is 3.50. The molecular formula is C24H21N7O3. The van der Waals surface area contributed by atoms with Gasteiger partial charge in [-0.2, -0.15) is 5.10 Å². The second-order valence-corrected chi connectivity index (χ2v) is 7.31. The van der Waals surface area contributed by atoms with E-state index < -0.39 is 0 Å². The van der Waals surface area contributed by atoms with Gasteiger partial charge in [-0.25, -0.2) is 9.97 Å². The Balaban J connectivity index is 1.43. The summed E-state index contributed by atoms with van der Waals surface area (Å²) in [7, 11) is 3.14. The van der Waals surface area contributed by atoms with Gasteiger partial charge < -0.3 is 25.1 Å². The van der Waals surface area contributed by atoms with E-state index in [9.17, 15) is 4.79 Å². The number of methoxy groups -OCH3 is 2. The molecule has 0 fully saturated rings. The number of aromatic amines is 2. The molecule has 34 heavy (non-hydrogen) atoms. The number of hydrogen-bond acceptors (Lipinski definition) is 7. The zero-order valence-electron chi connectivity index (χ0n) is 18.4. The lowest BCUT2D eigenvalue weighted by Gasteiger charge is -2.11. The molecule has 3 heterocycles. The summed E-state index contributed by atoms with van der Waals surface area (Å²) >= 11 is 0. The number of rotatable bonds is 7. The molecule has 10 nitrogen and oxygen atoms in total. The molecule has 0 bridgehead atoms. The molecule has 3 aromatic heterocycles. The zero-order valence-corrected chi connectivity index (χ0v) is 18.4. The third-order valence-electron chi connectivity index (χ3n) is 5.20. The highest BCUT2D eigenvalue weighted by atomic mass is 16.5. The summed E-state index contributed by atoms with van der Waals surface area (Å²) in [4.78, 5) is 25.3. The first kappa shape index (κ1) is 21.0. The van der Waals surface area contributed by atoms with E-state index in [1.165, 1.54) is 6.20 Å². The summed E-state index contributed by atoms with van der Waals surface area (Å²) in [5, 5.41) is 13.1. The first-order chi connectivity index (χ1) is 16.7. The van der Waals surface area contributed by atoms with E-state index in [0.29, 0.717) is 45.6 Å². The van der Waals surface area contributed by atoms with Gasteiger partial charge in [-0.3, -0.25) is 9.89 Å². The molecule has 4 N–H and O–H groups in total. The van der Waals surface area contributed by atoms with E-state index in [1.54, 1.807) is 44.7 Å². The fourth-order valence-corrected chi connectivity index (χ4v) is 3.55. The number of carbonyl (C=O) groups is 1. The number of imidazole rings is 1. The molecule has 1 amide bonds. The maximum Gasteiger partial charge on any atom is 0.259 e. The Kier molecular flexibility index (Phi) is 5.53. The molecule has 170 valence electrons. The number of fused-ring (bicyclic) bond motifs is 1. The number of pyridine rings is 1. The van der Waals surface area contributed by atoms with Crippen molar-refractivity contribution >= 4 is 34.1 Å². The van der Waals surface area contributed by atoms with Crippen LogP contribution in [-0.2, 0) is 0 Å². The Hall–Kier alpha value is -4.86. The summed E-state index contributed by atoms with van der Waals surface area (Å²) in [6, 6.07) is 16.5. The van der Waals surface area contributed by atoms with Crippen LogP contribution < -0.4 is 20.1 Å². The van der Waals surface area contributed by atoms with Crippen molar-refractivity contribution in [1.29, 1.82) is 0 Å². The molecule has 5 rings (SSSR count). The molecule has 0 saturated carbocycles. The standard InChI is InChI=1S/C24H21N7O3/c1-33-19-11-16-17(12-20(19)34-2)29-23(28-16)21-18(13-26-31-21)30-24(32)15-9-6-10-25-22(15)27-14-7-4-3-5-8-14/h3-13H,1-2H3,(H,25,27)(H,26,31)(H,28,29)(H,30,32). The molecule has 0 radical (unpaired) electrons. The van der Waals surface area contributed by atoms with Gasteiger partial charge in [-0.05, 0) is 24.3 Å². The van der Waals surface area contributed by atoms with Crippen LogP contribution in [0.3, 0.4) is 0 Å². The summed E-state index contributed by atoms with van der Waals surface area (Å²) in [6.07, 6.45) is 3.16. The van der Waals surface area contributed by atoms with E-state index in [-0.39, 0.29) is 5.91 Å². The van der Waals surface area contributed by atoms with E-state index in [4.69, 9.17) is 9.47 Å². The van der Waals surface area contributed by atoms with Gasteiger partial charge in [0.2, 0.25) is 0 Å². The molecule has 0 atom stereocenters. The highest BCUT2D eigenvalue weighted by Crippen LogP contribution is 2.33. The van der Waals surface area contributed by atoms with Gasteiger partial charge in [-0.15, -0.1) is 0 Å². The highest BCUT2D eigenvalue weighted by molar-refractivity contribution is 6.09. The third kappa shape index (κ3) is 3.99. The Labute approximate surface area is 194 Å². The van der Waals surface area contributed by atoms with E-state index in [1.807, 2.05) is 30.3 Å². The maximum atomic E-state index is 13.1. The van der Waals surface area contributed by atoms with Crippen molar-refractivity contribution in [2.45, 2.75) is 0 Å². The van der Waals surface area contributed by atoms with Crippen LogP contribution >= 0.6 is 0 Å². The van der Waals surface area contributed by atoms with Crippen LogP contribution in [0.1, 0.15) is 10.4 Å². The predicted octanol–water partition coefficient (Wildman–Crippen LogP) is 4.36. The van der Waals surface area contributed by atoms with Gasteiger partial charge in [0.15, 0.2) is 17.3 Å². The summed E-state index contributed by atoms with van der Waals surface area (Å²) in [6.45, 7) is 0. The third-order valence-corrected chi connectivity index (χ3v) is 5.20. The predicted molar refractivity (Wildman–Crippen MR) is 129 cm³/mol. The number of amides is 1. The fraction of sp³-hybridized carbons (Fsp3) is 0.0833. The first-order valence-corrected chi connectivity index (χ1v) is 10.4. The minimum atomic E-state index is -0.339. The topological polar surface area (TPSA) is 130 Å². The minimum Gasteiger partial charge on any atom is -0.493 e. The van der Waals surface area contributed by atoms with Crippen LogP contribution in [-0.4, -0.2) is 45.3 Å². The summed E-state index contributed by atoms with van der Waals surface area (Å²) < 4.78 is 10.7. The van der Waals surface area contributed by atoms with Crippen LogP contribution in [0.2, 0.25) is 0 Å². The Morgan fingerprint density at radius 1 is 1.00 bits per heavy atom. The lowest BCUT2D eigenvalue weighted by molar-refractivity contribution is 0.102. The number of ether oxygens (including phenoxy) is 2. The molecule has 10 heteroatoms. The van der Waals surface area contributed by atoms with Gasteiger partial charge in [0.1, 0.15) is 11.5 Å². The number of nitrogens with zero attached hydrogens (tertiary/aromatic N) is 3. The normalized spacial score (nSPS) is 10.8. The van der Waals surface area contributed by atoms with Gasteiger partial charge in [-0.1, -0.05) is 18.2 Å². The molecule has 0 saturated heterocycles. The van der Waals surface area contributed by atoms with Crippen LogP contribution in [0.25, 0.3) is 22.6 Å². The number of hydrogen-bond donors (Lipinski definition) is 4. The monoisotopic (exact) mass is 455 g/mol. The molecule has 0 spiro atoms. The van der Waals surface area contributed by atoms with E-state index >= 15 is 0 Å². The van der Waals surface area contributed by atoms with Crippen LogP contribution in [0, 0.1) is 0 Å². The van der Waals surface area contributed by atoms with Gasteiger partial charge in [0.25, 0.3) is 5.91 Å². The van der Waals surface area contributed by atoms with E-state index in [0.717, 1.165) is 11.2 Å². The van der Waals surface area contributed by atoms with Crippen molar-refractivity contribution in [3.05, 3.63) is 72.6 Å². The Morgan fingerprint density at radius 3 is 2.59 bits per heavy atom. The fourth-order valence-electron chi connectivity index (χ4n) is 3.55. The Morgan fingerprint density at radius 2 is 1.79 bits per heavy atom. The van der Waals surface area contributed by atoms with Crippen molar-refractivity contribution in [3.8, 4) is 23.0 Å². The second kappa shape index (κ2) is 8.94. The number of anilines is 3. The second-order valence-electron chi connectivity index (χ2n) is 7.31. The van der Waals surface area contributed by atoms with Gasteiger partial charge in [0.05, 0.1) is 42.7 Å². The number of para-hydroxylation sites is 1. The molecular weight excluding hydrogens is 434 g/mol. The number of H-pyrrole nitrogens is 2. The minimum absolute atomic E-state index is 0.339. The molecule has 0 aliphatic rings. The quantitative estimate of drug-likeness (QED) is 0.287. The first-order valence-electron chi connectivity index (χ1n) is 10.4. The maximum absolute atomic E-state index is 13.1. The van der Waals surface area contributed by atoms with Crippen molar-refractivity contribution in [2.75, 3.05) is 24.9 Å². The highest BCUT2D eigenvalue weighted by Gasteiger charge is 2.19. The van der Waals surface area contributed by atoms with Crippen molar-refractivity contribution in [1.82, 2.24) is 25.1 Å². The summed E-state index contributed by atoms with van der Waals surface area (Å²) in [5.41, 5.74) is 3.65. The van der Waals surface area contributed by atoms with Gasteiger partial charge >= 0.3 is 0 Å². The zero-order chi connectivity index (χ0) is 23.5. The number of nitrogens with one attached hydrogen (secondary N) is 4. The van der Waals surface area contributed by atoms with Crippen molar-refractivity contribution in [3.63, 3.8) is 0 Å². The summed E-state index contributed by atoms with van der Waals surface area (Å²) in [5.74, 6) is 1.76. The SMILES string of the molecule is COc1cc2nc(-c3[nH]ncc3NC(=O)c3cccnc3Nc3ccccc3)[nH]c2cc1OC. The number of benzene rings is 2.